The van der Waals surface area contributed by atoms with E-state index in [-0.39, 0.29) is 12.6 Å². The van der Waals surface area contributed by atoms with Crippen LogP contribution in [0.25, 0.3) is 0 Å². The largest absolute Gasteiger partial charge is 0.395 e. The van der Waals surface area contributed by atoms with Crippen LogP contribution in [-0.4, -0.2) is 39.8 Å². The predicted octanol–water partition coefficient (Wildman–Crippen LogP) is 1.47. The zero-order valence-electron chi connectivity index (χ0n) is 11.3. The predicted molar refractivity (Wildman–Crippen MR) is 71.6 cm³/mol. The number of rotatable bonds is 6. The summed E-state index contributed by atoms with van der Waals surface area (Å²) in [5.74, 6) is 1.26. The van der Waals surface area contributed by atoms with Crippen molar-refractivity contribution in [2.75, 3.05) is 13.7 Å². The summed E-state index contributed by atoms with van der Waals surface area (Å²) in [6.45, 7) is 2.64. The van der Waals surface area contributed by atoms with Crippen LogP contribution in [0.15, 0.2) is 34.9 Å². The molecule has 0 bridgehead atoms. The minimum Gasteiger partial charge on any atom is -0.395 e. The van der Waals surface area contributed by atoms with Crippen molar-refractivity contribution in [1.82, 2.24) is 15.0 Å². The van der Waals surface area contributed by atoms with Gasteiger partial charge in [0.05, 0.1) is 19.6 Å². The molecule has 0 aliphatic rings. The summed E-state index contributed by atoms with van der Waals surface area (Å²) < 4.78 is 5.23. The van der Waals surface area contributed by atoms with Crippen LogP contribution in [0.1, 0.15) is 24.2 Å². The second-order valence-corrected chi connectivity index (χ2v) is 4.71. The van der Waals surface area contributed by atoms with E-state index in [1.807, 2.05) is 49.2 Å². The molecule has 5 nitrogen and oxygen atoms in total. The summed E-state index contributed by atoms with van der Waals surface area (Å²) in [5.41, 5.74) is 1.15. The highest BCUT2D eigenvalue weighted by Crippen LogP contribution is 2.09. The van der Waals surface area contributed by atoms with Gasteiger partial charge in [0.2, 0.25) is 5.89 Å². The van der Waals surface area contributed by atoms with Crippen LogP contribution < -0.4 is 0 Å². The van der Waals surface area contributed by atoms with Crippen LogP contribution in [0.4, 0.5) is 0 Å². The fourth-order valence-electron chi connectivity index (χ4n) is 1.71. The van der Waals surface area contributed by atoms with E-state index in [0.717, 1.165) is 5.56 Å². The lowest BCUT2D eigenvalue weighted by molar-refractivity contribution is 0.150. The molecule has 2 aromatic rings. The Labute approximate surface area is 112 Å². The van der Waals surface area contributed by atoms with Gasteiger partial charge < -0.3 is 9.63 Å². The Balaban J connectivity index is 1.96. The Morgan fingerprint density at radius 2 is 2.05 bits per heavy atom. The van der Waals surface area contributed by atoms with Gasteiger partial charge in [-0.1, -0.05) is 35.5 Å². The van der Waals surface area contributed by atoms with E-state index in [4.69, 9.17) is 9.63 Å². The van der Waals surface area contributed by atoms with Crippen molar-refractivity contribution in [2.45, 2.75) is 25.9 Å². The molecule has 2 rings (SSSR count). The van der Waals surface area contributed by atoms with Crippen molar-refractivity contribution in [2.24, 2.45) is 0 Å². The zero-order chi connectivity index (χ0) is 13.7. The van der Waals surface area contributed by atoms with Crippen molar-refractivity contribution >= 4 is 0 Å². The molecule has 0 saturated heterocycles. The number of aliphatic hydroxyl groups excluding tert-OH is 1. The molecule has 0 radical (unpaired) electrons. The van der Waals surface area contributed by atoms with Gasteiger partial charge in [0, 0.05) is 6.04 Å². The molecule has 1 aromatic heterocycles. The van der Waals surface area contributed by atoms with Gasteiger partial charge in [-0.25, -0.2) is 0 Å². The standard InChI is InChI=1S/C14H19N3O2/c1-11(10-18)17(2)9-13-15-14(19-16-13)8-12-6-4-3-5-7-12/h3-7,11,18H,8-10H2,1-2H3. The number of aliphatic hydroxyl groups is 1. The van der Waals surface area contributed by atoms with Crippen LogP contribution in [-0.2, 0) is 13.0 Å². The van der Waals surface area contributed by atoms with Crippen LogP contribution in [0, 0.1) is 0 Å². The molecular formula is C14H19N3O2. The average Bonchev–Trinajstić information content (AvgIpc) is 2.86. The Bertz CT molecular complexity index is 498. The lowest BCUT2D eigenvalue weighted by Gasteiger charge is -2.20. The molecule has 1 N–H and O–H groups in total. The summed E-state index contributed by atoms with van der Waals surface area (Å²) in [4.78, 5) is 6.34. The zero-order valence-corrected chi connectivity index (χ0v) is 11.3. The molecule has 1 heterocycles. The van der Waals surface area contributed by atoms with Crippen LogP contribution >= 0.6 is 0 Å². The molecule has 5 heteroatoms. The van der Waals surface area contributed by atoms with Crippen molar-refractivity contribution < 1.29 is 9.63 Å². The quantitative estimate of drug-likeness (QED) is 0.853. The highest BCUT2D eigenvalue weighted by atomic mass is 16.5. The van der Waals surface area contributed by atoms with Crippen molar-refractivity contribution in [1.29, 1.82) is 0 Å². The van der Waals surface area contributed by atoms with Gasteiger partial charge in [-0.3, -0.25) is 4.90 Å². The molecule has 1 aromatic carbocycles. The van der Waals surface area contributed by atoms with Crippen molar-refractivity contribution in [3.63, 3.8) is 0 Å². The molecule has 0 spiro atoms. The minimum atomic E-state index is 0.0797. The minimum absolute atomic E-state index is 0.0797. The first-order valence-corrected chi connectivity index (χ1v) is 6.35. The highest BCUT2D eigenvalue weighted by Gasteiger charge is 2.13. The average molecular weight is 261 g/mol. The molecule has 0 saturated carbocycles. The van der Waals surface area contributed by atoms with E-state index in [1.54, 1.807) is 0 Å². The van der Waals surface area contributed by atoms with Gasteiger partial charge >= 0.3 is 0 Å². The molecule has 19 heavy (non-hydrogen) atoms. The number of hydrogen-bond acceptors (Lipinski definition) is 5. The van der Waals surface area contributed by atoms with Crippen molar-refractivity contribution in [3.8, 4) is 0 Å². The summed E-state index contributed by atoms with van der Waals surface area (Å²) in [6.07, 6.45) is 0.646. The van der Waals surface area contributed by atoms with Crippen LogP contribution in [0.3, 0.4) is 0 Å². The monoisotopic (exact) mass is 261 g/mol. The molecule has 1 atom stereocenters. The second-order valence-electron chi connectivity index (χ2n) is 4.71. The smallest absolute Gasteiger partial charge is 0.231 e. The first-order valence-electron chi connectivity index (χ1n) is 6.35. The molecule has 0 aliphatic carbocycles. The first kappa shape index (κ1) is 13.7. The van der Waals surface area contributed by atoms with Gasteiger partial charge in [0.25, 0.3) is 0 Å². The highest BCUT2D eigenvalue weighted by molar-refractivity contribution is 5.17. The maximum absolute atomic E-state index is 9.08. The second kappa shape index (κ2) is 6.45. The van der Waals surface area contributed by atoms with E-state index < -0.39 is 0 Å². The molecule has 0 amide bonds. The molecule has 102 valence electrons. The third-order valence-corrected chi connectivity index (χ3v) is 3.12. The fourth-order valence-corrected chi connectivity index (χ4v) is 1.71. The van der Waals surface area contributed by atoms with Crippen LogP contribution in [0.2, 0.25) is 0 Å². The maximum atomic E-state index is 9.08. The van der Waals surface area contributed by atoms with Crippen molar-refractivity contribution in [3.05, 3.63) is 47.6 Å². The van der Waals surface area contributed by atoms with Gasteiger partial charge in [0.1, 0.15) is 0 Å². The lowest BCUT2D eigenvalue weighted by atomic mass is 10.1. The Morgan fingerprint density at radius 3 is 2.74 bits per heavy atom. The first-order chi connectivity index (χ1) is 9.19. The van der Waals surface area contributed by atoms with Crippen LogP contribution in [0.5, 0.6) is 0 Å². The summed E-state index contributed by atoms with van der Waals surface area (Å²) >= 11 is 0. The van der Waals surface area contributed by atoms with Gasteiger partial charge in [-0.2, -0.15) is 4.98 Å². The summed E-state index contributed by atoms with van der Waals surface area (Å²) in [5, 5.41) is 13.0. The third kappa shape index (κ3) is 3.87. The number of hydrogen-bond donors (Lipinski definition) is 1. The summed E-state index contributed by atoms with van der Waals surface area (Å²) in [6, 6.07) is 10.1. The van der Waals surface area contributed by atoms with Gasteiger partial charge in [-0.15, -0.1) is 0 Å². The van der Waals surface area contributed by atoms with E-state index in [9.17, 15) is 0 Å². The normalized spacial score (nSPS) is 12.8. The van der Waals surface area contributed by atoms with E-state index in [2.05, 4.69) is 10.1 Å². The molecule has 0 fully saturated rings. The molecule has 0 aliphatic heterocycles. The topological polar surface area (TPSA) is 62.4 Å². The number of benzene rings is 1. The third-order valence-electron chi connectivity index (χ3n) is 3.12. The van der Waals surface area contributed by atoms with Gasteiger partial charge in [-0.05, 0) is 19.5 Å². The Morgan fingerprint density at radius 1 is 1.32 bits per heavy atom. The van der Waals surface area contributed by atoms with Gasteiger partial charge in [0.15, 0.2) is 5.82 Å². The molecule has 1 unspecified atom stereocenters. The molecular weight excluding hydrogens is 242 g/mol. The number of aromatic nitrogens is 2. The van der Waals surface area contributed by atoms with E-state index >= 15 is 0 Å². The fraction of sp³-hybridized carbons (Fsp3) is 0.429. The Kier molecular flexibility index (Phi) is 4.65. The van der Waals surface area contributed by atoms with E-state index in [0.29, 0.717) is 24.7 Å². The number of likely N-dealkylation sites (N-methyl/N-ethyl adjacent to an activating group) is 1. The Hall–Kier alpha value is -1.72. The number of nitrogens with zero attached hydrogens (tertiary/aromatic N) is 3. The van der Waals surface area contributed by atoms with E-state index in [1.165, 1.54) is 0 Å². The summed E-state index contributed by atoms with van der Waals surface area (Å²) in [7, 11) is 1.92. The lowest BCUT2D eigenvalue weighted by Crippen LogP contribution is -2.31. The maximum Gasteiger partial charge on any atom is 0.231 e. The SMILES string of the molecule is CC(CO)N(C)Cc1noc(Cc2ccccc2)n1.